The Labute approximate surface area is 178 Å². The fourth-order valence-electron chi connectivity index (χ4n) is 2.96. The van der Waals surface area contributed by atoms with Gasteiger partial charge < -0.3 is 4.55 Å². The van der Waals surface area contributed by atoms with Crippen LogP contribution >= 0.6 is 15.9 Å². The summed E-state index contributed by atoms with van der Waals surface area (Å²) in [5.74, 6) is -0.784. The molecule has 0 aliphatic carbocycles. The summed E-state index contributed by atoms with van der Waals surface area (Å²) in [5.41, 5.74) is -1.37. The van der Waals surface area contributed by atoms with Crippen LogP contribution in [0, 0.1) is 17.1 Å². The zero-order valence-electron chi connectivity index (χ0n) is 16.7. The van der Waals surface area contributed by atoms with Gasteiger partial charge in [0.2, 0.25) is 0 Å². The third-order valence-corrected chi connectivity index (χ3v) is 10.2. The molecule has 6 nitrogen and oxygen atoms in total. The van der Waals surface area contributed by atoms with Gasteiger partial charge in [-0.25, -0.2) is 17.9 Å². The van der Waals surface area contributed by atoms with Gasteiger partial charge in [-0.1, -0.05) is 0 Å². The highest BCUT2D eigenvalue weighted by Gasteiger charge is 2.48. The second-order valence-electron chi connectivity index (χ2n) is 8.36. The highest BCUT2D eigenvalue weighted by molar-refractivity contribution is 9.10. The number of aromatic nitrogens is 1. The molecule has 1 aromatic rings. The maximum absolute atomic E-state index is 14.8. The largest absolute Gasteiger partial charge is 0.598 e. The van der Waals surface area contributed by atoms with E-state index in [0.717, 1.165) is 0 Å². The molecular formula is C18H26BrFN4O2S2. The summed E-state index contributed by atoms with van der Waals surface area (Å²) >= 11 is 1.65. The van der Waals surface area contributed by atoms with Crippen molar-refractivity contribution in [2.75, 3.05) is 12.3 Å². The fourth-order valence-corrected chi connectivity index (χ4v) is 6.96. The van der Waals surface area contributed by atoms with Crippen LogP contribution in [-0.2, 0) is 26.6 Å². The van der Waals surface area contributed by atoms with Crippen LogP contribution < -0.4 is 4.72 Å². The Morgan fingerprint density at radius 2 is 2.11 bits per heavy atom. The lowest BCUT2D eigenvalue weighted by Gasteiger charge is -2.38. The van der Waals surface area contributed by atoms with Gasteiger partial charge in [0.1, 0.15) is 31.1 Å². The molecule has 1 aliphatic rings. The first kappa shape index (κ1) is 23.5. The smallest absolute Gasteiger partial charge is 0.146 e. The summed E-state index contributed by atoms with van der Waals surface area (Å²) in [6.07, 6.45) is 1.11. The van der Waals surface area contributed by atoms with E-state index in [1.54, 1.807) is 34.6 Å². The molecule has 0 amide bonds. The van der Waals surface area contributed by atoms with E-state index >= 15 is 0 Å². The molecule has 0 bridgehead atoms. The summed E-state index contributed by atoms with van der Waals surface area (Å²) in [6, 6.07) is 4.87. The number of halogens is 2. The summed E-state index contributed by atoms with van der Waals surface area (Å²) in [4.78, 5) is 4.24. The van der Waals surface area contributed by atoms with E-state index in [0.29, 0.717) is 24.0 Å². The minimum absolute atomic E-state index is 0.0109. The molecule has 0 saturated heterocycles. The SMILES string of the molecule is CC(C)(C)[S+]([O-])N[C@@](C)(C[S@@]1(=O)=NCCC[C@]1(C)C#N)c1nc(Br)ccc1F. The van der Waals surface area contributed by atoms with Crippen molar-refractivity contribution in [2.24, 2.45) is 4.36 Å². The van der Waals surface area contributed by atoms with E-state index in [4.69, 9.17) is 0 Å². The molecule has 0 spiro atoms. The van der Waals surface area contributed by atoms with Gasteiger partial charge in [0.25, 0.3) is 0 Å². The predicted molar refractivity (Wildman–Crippen MR) is 114 cm³/mol. The molecule has 0 radical (unpaired) electrons. The van der Waals surface area contributed by atoms with Crippen LogP contribution in [0.25, 0.3) is 0 Å². The Balaban J connectivity index is 2.62. The Hall–Kier alpha value is -0.730. The summed E-state index contributed by atoms with van der Waals surface area (Å²) in [5, 5.41) is 9.70. The number of nitrogens with zero attached hydrogens (tertiary/aromatic N) is 3. The Morgan fingerprint density at radius 1 is 1.46 bits per heavy atom. The van der Waals surface area contributed by atoms with E-state index < -0.39 is 41.9 Å². The average Bonchev–Trinajstić information content (AvgIpc) is 2.58. The van der Waals surface area contributed by atoms with Crippen LogP contribution in [0.15, 0.2) is 21.1 Å². The molecule has 1 unspecified atom stereocenters. The molecule has 0 saturated carbocycles. The molecule has 2 rings (SSSR count). The van der Waals surface area contributed by atoms with Crippen LogP contribution in [0.2, 0.25) is 0 Å². The lowest BCUT2D eigenvalue weighted by atomic mass is 10.0. The second-order valence-corrected chi connectivity index (χ2v) is 13.9. The third kappa shape index (κ3) is 4.70. The maximum Gasteiger partial charge on any atom is 0.146 e. The van der Waals surface area contributed by atoms with Crippen LogP contribution in [0.4, 0.5) is 4.39 Å². The van der Waals surface area contributed by atoms with Crippen LogP contribution in [-0.4, -0.2) is 35.5 Å². The van der Waals surface area contributed by atoms with Gasteiger partial charge >= 0.3 is 0 Å². The molecule has 156 valence electrons. The zero-order chi connectivity index (χ0) is 21.4. The van der Waals surface area contributed by atoms with Crippen molar-refractivity contribution in [1.82, 2.24) is 9.71 Å². The van der Waals surface area contributed by atoms with Crippen molar-refractivity contribution >= 4 is 37.0 Å². The zero-order valence-corrected chi connectivity index (χ0v) is 19.9. The maximum atomic E-state index is 14.8. The topological polar surface area (TPSA) is 101 Å². The standard InChI is InChI=1S/C18H26BrFN4O2S2/c1-16(2,3)27(25)24-18(5,15-13(20)7-8-14(19)23-15)12-28(26)17(4,11-21)9-6-10-22-28/h7-8,24H,6,9-10,12H2,1-5H3/t17-,18+,27?,28+/m1/s1. The van der Waals surface area contributed by atoms with Gasteiger partial charge in [-0.05, 0) is 75.5 Å². The van der Waals surface area contributed by atoms with E-state index in [-0.39, 0.29) is 11.4 Å². The van der Waals surface area contributed by atoms with E-state index in [1.807, 2.05) is 0 Å². The number of nitrogens with one attached hydrogen (secondary N) is 1. The van der Waals surface area contributed by atoms with Gasteiger partial charge in [0, 0.05) is 17.9 Å². The lowest BCUT2D eigenvalue weighted by Crippen LogP contribution is -2.56. The van der Waals surface area contributed by atoms with Crippen molar-refractivity contribution in [2.45, 2.75) is 62.5 Å². The van der Waals surface area contributed by atoms with E-state index in [1.165, 1.54) is 12.1 Å². The number of rotatable bonds is 5. The first-order valence-corrected chi connectivity index (χ1v) is 12.5. The normalized spacial score (nSPS) is 28.7. The molecule has 28 heavy (non-hydrogen) atoms. The second kappa shape index (κ2) is 8.19. The Kier molecular flexibility index (Phi) is 6.88. The number of pyridine rings is 1. The van der Waals surface area contributed by atoms with Crippen LogP contribution in [0.3, 0.4) is 0 Å². The van der Waals surface area contributed by atoms with Crippen molar-refractivity contribution < 1.29 is 13.2 Å². The van der Waals surface area contributed by atoms with Gasteiger partial charge in [-0.3, -0.25) is 0 Å². The monoisotopic (exact) mass is 492 g/mol. The molecule has 1 aromatic heterocycles. The van der Waals surface area contributed by atoms with E-state index in [9.17, 15) is 18.4 Å². The molecule has 2 heterocycles. The predicted octanol–water partition coefficient (Wildman–Crippen LogP) is 3.79. The first-order chi connectivity index (χ1) is 12.8. The lowest BCUT2D eigenvalue weighted by molar-refractivity contribution is 0.421. The first-order valence-electron chi connectivity index (χ1n) is 8.90. The molecule has 0 aromatic carbocycles. The van der Waals surface area contributed by atoms with Gasteiger partial charge in [0.15, 0.2) is 0 Å². The van der Waals surface area contributed by atoms with E-state index in [2.05, 4.69) is 36.1 Å². The number of nitriles is 1. The number of hydrogen-bond acceptors (Lipinski definition) is 6. The number of hydrogen-bond donors (Lipinski definition) is 1. The summed E-state index contributed by atoms with van der Waals surface area (Å²) in [7, 11) is -3.06. The van der Waals surface area contributed by atoms with Crippen molar-refractivity contribution in [1.29, 1.82) is 5.26 Å². The molecule has 10 heteroatoms. The average molecular weight is 493 g/mol. The molecule has 1 aliphatic heterocycles. The van der Waals surface area contributed by atoms with Crippen molar-refractivity contribution in [3.05, 3.63) is 28.2 Å². The highest BCUT2D eigenvalue weighted by Crippen LogP contribution is 2.36. The Bertz CT molecular complexity index is 908. The highest BCUT2D eigenvalue weighted by atomic mass is 79.9. The fraction of sp³-hybridized carbons (Fsp3) is 0.667. The Morgan fingerprint density at radius 3 is 2.68 bits per heavy atom. The van der Waals surface area contributed by atoms with Crippen molar-refractivity contribution in [3.8, 4) is 6.07 Å². The van der Waals surface area contributed by atoms with Crippen molar-refractivity contribution in [3.63, 3.8) is 0 Å². The minimum atomic E-state index is -3.06. The quantitative estimate of drug-likeness (QED) is 0.497. The summed E-state index contributed by atoms with van der Waals surface area (Å²) in [6.45, 7) is 8.97. The van der Waals surface area contributed by atoms with Crippen LogP contribution in [0.1, 0.15) is 53.2 Å². The molecule has 4 atom stereocenters. The van der Waals surface area contributed by atoms with Crippen LogP contribution in [0.5, 0.6) is 0 Å². The van der Waals surface area contributed by atoms with Gasteiger partial charge in [-0.2, -0.15) is 5.26 Å². The molecule has 0 fully saturated rings. The third-order valence-electron chi connectivity index (χ3n) is 4.75. The molecular weight excluding hydrogens is 467 g/mol. The molecule has 1 N–H and O–H groups in total. The summed E-state index contributed by atoms with van der Waals surface area (Å²) < 4.78 is 47.3. The van der Waals surface area contributed by atoms with Gasteiger partial charge in [0.05, 0.1) is 21.6 Å². The van der Waals surface area contributed by atoms with Gasteiger partial charge in [-0.15, -0.1) is 4.72 Å². The minimum Gasteiger partial charge on any atom is -0.598 e.